The van der Waals surface area contributed by atoms with E-state index in [4.69, 9.17) is 5.11 Å². The third-order valence-corrected chi connectivity index (χ3v) is 4.67. The number of aliphatic carboxylic acids is 1. The molecule has 4 rings (SSSR count). The summed E-state index contributed by atoms with van der Waals surface area (Å²) in [5, 5.41) is 12.6. The lowest BCUT2D eigenvalue weighted by molar-refractivity contribution is -0.136. The van der Waals surface area contributed by atoms with Crippen LogP contribution in [0.3, 0.4) is 0 Å². The smallest absolute Gasteiger partial charge is 0.307 e. The molecule has 20 heavy (non-hydrogen) atoms. The first-order valence-electron chi connectivity index (χ1n) is 7.46. The van der Waals surface area contributed by atoms with Gasteiger partial charge in [-0.3, -0.25) is 4.79 Å². The van der Waals surface area contributed by atoms with Gasteiger partial charge in [0.2, 0.25) is 0 Å². The van der Waals surface area contributed by atoms with Gasteiger partial charge in [0.05, 0.1) is 6.42 Å². The molecule has 0 aromatic heterocycles. The minimum atomic E-state index is -0.764. The number of carboxylic acid groups (broad SMARTS) is 1. The van der Waals surface area contributed by atoms with E-state index in [9.17, 15) is 4.79 Å². The Hall–Kier alpha value is -1.39. The zero-order valence-electron chi connectivity index (χ0n) is 11.7. The number of fused-ring (bicyclic) bond motifs is 3. The average Bonchev–Trinajstić information content (AvgIpc) is 2.47. The van der Waals surface area contributed by atoms with Crippen LogP contribution in [0, 0.1) is 5.92 Å². The van der Waals surface area contributed by atoms with Gasteiger partial charge in [-0.05, 0) is 43.0 Å². The van der Waals surface area contributed by atoms with Gasteiger partial charge in [0.15, 0.2) is 0 Å². The average molecular weight is 274 g/mol. The SMILES string of the molecule is O=C(O)Cc1ccccc1CNC1CN2CCC1CC2. The highest BCUT2D eigenvalue weighted by molar-refractivity contribution is 5.70. The molecule has 0 aliphatic carbocycles. The summed E-state index contributed by atoms with van der Waals surface area (Å²) >= 11 is 0. The molecule has 1 atom stereocenters. The van der Waals surface area contributed by atoms with Crippen molar-refractivity contribution < 1.29 is 9.90 Å². The lowest BCUT2D eigenvalue weighted by Gasteiger charge is -2.45. The van der Waals surface area contributed by atoms with Crippen molar-refractivity contribution in [1.82, 2.24) is 10.2 Å². The van der Waals surface area contributed by atoms with Gasteiger partial charge in [0.25, 0.3) is 0 Å². The number of carboxylic acids is 1. The third-order valence-electron chi connectivity index (χ3n) is 4.67. The van der Waals surface area contributed by atoms with Crippen molar-refractivity contribution in [1.29, 1.82) is 0 Å². The Kier molecular flexibility index (Phi) is 4.03. The number of hydrogen-bond donors (Lipinski definition) is 2. The van der Waals surface area contributed by atoms with Gasteiger partial charge in [0.1, 0.15) is 0 Å². The van der Waals surface area contributed by atoms with Crippen molar-refractivity contribution in [2.75, 3.05) is 19.6 Å². The van der Waals surface area contributed by atoms with E-state index in [2.05, 4.69) is 10.2 Å². The van der Waals surface area contributed by atoms with Crippen LogP contribution in [0.1, 0.15) is 24.0 Å². The lowest BCUT2D eigenvalue weighted by Crippen LogP contribution is -2.55. The van der Waals surface area contributed by atoms with Crippen LogP contribution in [0.5, 0.6) is 0 Å². The Morgan fingerprint density at radius 3 is 2.55 bits per heavy atom. The number of nitrogens with zero attached hydrogens (tertiary/aromatic N) is 1. The molecule has 3 fully saturated rings. The van der Waals surface area contributed by atoms with Crippen molar-refractivity contribution in [2.24, 2.45) is 5.92 Å². The summed E-state index contributed by atoms with van der Waals surface area (Å²) in [4.78, 5) is 13.4. The number of benzene rings is 1. The summed E-state index contributed by atoms with van der Waals surface area (Å²) in [7, 11) is 0. The summed E-state index contributed by atoms with van der Waals surface area (Å²) in [6.45, 7) is 4.42. The molecule has 0 saturated carbocycles. The maximum Gasteiger partial charge on any atom is 0.307 e. The molecule has 3 heterocycles. The standard InChI is InChI=1S/C16H22N2O2/c19-16(20)9-13-3-1-2-4-14(13)10-17-15-11-18-7-5-12(15)6-8-18/h1-4,12,15,17H,5-11H2,(H,19,20). The Bertz CT molecular complexity index is 481. The van der Waals surface area contributed by atoms with Crippen LogP contribution < -0.4 is 5.32 Å². The fraction of sp³-hybridized carbons (Fsp3) is 0.562. The van der Waals surface area contributed by atoms with Crippen LogP contribution in [-0.2, 0) is 17.8 Å². The molecule has 3 aliphatic heterocycles. The second-order valence-corrected chi connectivity index (χ2v) is 5.96. The van der Waals surface area contributed by atoms with E-state index < -0.39 is 5.97 Å². The summed E-state index contributed by atoms with van der Waals surface area (Å²) in [5.74, 6) is 0.0342. The molecule has 1 aromatic rings. The molecule has 108 valence electrons. The molecule has 4 heteroatoms. The maximum atomic E-state index is 10.9. The van der Waals surface area contributed by atoms with Crippen LogP contribution in [-0.4, -0.2) is 41.7 Å². The quantitative estimate of drug-likeness (QED) is 0.854. The molecule has 3 aliphatic rings. The molecule has 0 radical (unpaired) electrons. The number of hydrogen-bond acceptors (Lipinski definition) is 3. The Balaban J connectivity index is 1.62. The molecule has 0 spiro atoms. The highest BCUT2D eigenvalue weighted by atomic mass is 16.4. The molecular formula is C16H22N2O2. The molecule has 1 unspecified atom stereocenters. The van der Waals surface area contributed by atoms with Crippen molar-refractivity contribution in [3.05, 3.63) is 35.4 Å². The topological polar surface area (TPSA) is 52.6 Å². The maximum absolute atomic E-state index is 10.9. The fourth-order valence-corrected chi connectivity index (χ4v) is 3.50. The van der Waals surface area contributed by atoms with Crippen LogP contribution in [0.2, 0.25) is 0 Å². The summed E-state index contributed by atoms with van der Waals surface area (Å²) in [6.07, 6.45) is 2.71. The Morgan fingerprint density at radius 2 is 1.95 bits per heavy atom. The monoisotopic (exact) mass is 274 g/mol. The molecule has 0 amide bonds. The van der Waals surface area contributed by atoms with Gasteiger partial charge in [-0.1, -0.05) is 24.3 Å². The highest BCUT2D eigenvalue weighted by Crippen LogP contribution is 2.27. The third kappa shape index (κ3) is 3.02. The molecule has 4 nitrogen and oxygen atoms in total. The molecule has 3 saturated heterocycles. The van der Waals surface area contributed by atoms with E-state index in [-0.39, 0.29) is 6.42 Å². The van der Waals surface area contributed by atoms with Crippen molar-refractivity contribution in [2.45, 2.75) is 31.8 Å². The highest BCUT2D eigenvalue weighted by Gasteiger charge is 2.33. The number of nitrogens with one attached hydrogen (secondary N) is 1. The normalized spacial score (nSPS) is 28.5. The van der Waals surface area contributed by atoms with Crippen molar-refractivity contribution >= 4 is 5.97 Å². The zero-order valence-corrected chi connectivity index (χ0v) is 11.7. The van der Waals surface area contributed by atoms with Crippen LogP contribution in [0.4, 0.5) is 0 Å². The van der Waals surface area contributed by atoms with E-state index in [0.717, 1.165) is 30.1 Å². The van der Waals surface area contributed by atoms with E-state index in [1.165, 1.54) is 25.9 Å². The zero-order chi connectivity index (χ0) is 13.9. The molecule has 2 bridgehead atoms. The van der Waals surface area contributed by atoms with Gasteiger partial charge in [-0.15, -0.1) is 0 Å². The van der Waals surface area contributed by atoms with Crippen LogP contribution in [0.15, 0.2) is 24.3 Å². The predicted molar refractivity (Wildman–Crippen MR) is 77.6 cm³/mol. The van der Waals surface area contributed by atoms with Gasteiger partial charge < -0.3 is 15.3 Å². The molecule has 1 aromatic carbocycles. The first-order valence-corrected chi connectivity index (χ1v) is 7.46. The molecular weight excluding hydrogens is 252 g/mol. The number of carbonyl (C=O) groups is 1. The largest absolute Gasteiger partial charge is 0.481 e. The van der Waals surface area contributed by atoms with E-state index in [1.807, 2.05) is 24.3 Å². The van der Waals surface area contributed by atoms with Gasteiger partial charge >= 0.3 is 5.97 Å². The van der Waals surface area contributed by atoms with Crippen LogP contribution >= 0.6 is 0 Å². The van der Waals surface area contributed by atoms with E-state index >= 15 is 0 Å². The van der Waals surface area contributed by atoms with Gasteiger partial charge in [0, 0.05) is 19.1 Å². The van der Waals surface area contributed by atoms with Gasteiger partial charge in [-0.2, -0.15) is 0 Å². The molecule has 2 N–H and O–H groups in total. The van der Waals surface area contributed by atoms with Crippen LogP contribution in [0.25, 0.3) is 0 Å². The minimum absolute atomic E-state index is 0.109. The van der Waals surface area contributed by atoms with Crippen molar-refractivity contribution in [3.8, 4) is 0 Å². The first kappa shape index (κ1) is 13.6. The summed E-state index contributed by atoms with van der Waals surface area (Å²) in [5.41, 5.74) is 2.04. The predicted octanol–water partition coefficient (Wildman–Crippen LogP) is 1.50. The lowest BCUT2D eigenvalue weighted by atomic mass is 9.84. The Labute approximate surface area is 119 Å². The fourth-order valence-electron chi connectivity index (χ4n) is 3.50. The Morgan fingerprint density at radius 1 is 1.25 bits per heavy atom. The van der Waals surface area contributed by atoms with Gasteiger partial charge in [-0.25, -0.2) is 0 Å². The second kappa shape index (κ2) is 5.94. The second-order valence-electron chi connectivity index (χ2n) is 5.96. The minimum Gasteiger partial charge on any atom is -0.481 e. The summed E-state index contributed by atoms with van der Waals surface area (Å²) < 4.78 is 0. The van der Waals surface area contributed by atoms with E-state index in [0.29, 0.717) is 6.04 Å². The van der Waals surface area contributed by atoms with E-state index in [1.54, 1.807) is 0 Å². The number of rotatable bonds is 5. The summed E-state index contributed by atoms with van der Waals surface area (Å²) in [6, 6.07) is 8.42. The first-order chi connectivity index (χ1) is 9.72. The van der Waals surface area contributed by atoms with Crippen molar-refractivity contribution in [3.63, 3.8) is 0 Å². The number of piperidine rings is 3.